The standard InChI is InChI=1S/C30H46N2O4Si/c1-11-31(12-2)23-15-19-25(20-16-23)37(27(33)35-29(5,6)7,28(34)36-30(8,9)10)26-21-17-24(18-22-26)32(13-3)14-4/h15-22H,11-14H2,1-10H3. The minimum Gasteiger partial charge on any atom is -0.463 e. The van der Waals surface area contributed by atoms with Gasteiger partial charge in [0.05, 0.1) is 0 Å². The summed E-state index contributed by atoms with van der Waals surface area (Å²) in [7, 11) is -3.89. The van der Waals surface area contributed by atoms with Gasteiger partial charge in [-0.05, 0) is 104 Å². The molecule has 0 saturated carbocycles. The maximum atomic E-state index is 14.2. The molecule has 204 valence electrons. The molecule has 0 bridgehead atoms. The van der Waals surface area contributed by atoms with Crippen LogP contribution in [0.4, 0.5) is 21.0 Å². The van der Waals surface area contributed by atoms with Crippen LogP contribution in [0.5, 0.6) is 0 Å². The number of nitrogens with zero attached hydrogens (tertiary/aromatic N) is 2. The Kier molecular flexibility index (Phi) is 10.00. The summed E-state index contributed by atoms with van der Waals surface area (Å²) in [6.07, 6.45) is 0. The topological polar surface area (TPSA) is 59.1 Å². The van der Waals surface area contributed by atoms with E-state index in [1.807, 2.05) is 90.1 Å². The molecule has 0 unspecified atom stereocenters. The van der Waals surface area contributed by atoms with Gasteiger partial charge in [0.2, 0.25) is 0 Å². The van der Waals surface area contributed by atoms with E-state index in [1.54, 1.807) is 0 Å². The van der Waals surface area contributed by atoms with Crippen LogP contribution in [0.3, 0.4) is 0 Å². The van der Waals surface area contributed by atoms with Gasteiger partial charge in [-0.25, -0.2) is 0 Å². The summed E-state index contributed by atoms with van der Waals surface area (Å²) in [5.41, 5.74) is -0.469. The van der Waals surface area contributed by atoms with Crippen molar-refractivity contribution >= 4 is 41.0 Å². The van der Waals surface area contributed by atoms with E-state index in [0.717, 1.165) is 37.6 Å². The summed E-state index contributed by atoms with van der Waals surface area (Å²) in [6, 6.07) is 15.6. The Bertz CT molecular complexity index is 944. The maximum Gasteiger partial charge on any atom is 0.370 e. The van der Waals surface area contributed by atoms with Crippen LogP contribution in [0, 0.1) is 0 Å². The largest absolute Gasteiger partial charge is 0.463 e. The van der Waals surface area contributed by atoms with Crippen LogP contribution in [0.1, 0.15) is 69.2 Å². The molecular weight excluding hydrogens is 480 g/mol. The van der Waals surface area contributed by atoms with Crippen molar-refractivity contribution in [3.05, 3.63) is 48.5 Å². The quantitative estimate of drug-likeness (QED) is 0.355. The first kappa shape index (κ1) is 30.4. The fraction of sp³-hybridized carbons (Fsp3) is 0.533. The third-order valence-electron chi connectivity index (χ3n) is 6.27. The second kappa shape index (κ2) is 12.2. The first-order valence-electron chi connectivity index (χ1n) is 13.4. The Hall–Kier alpha value is -2.80. The molecule has 2 aromatic carbocycles. The van der Waals surface area contributed by atoms with Crippen LogP contribution in [-0.4, -0.2) is 56.6 Å². The molecule has 2 rings (SSSR count). The van der Waals surface area contributed by atoms with Crippen molar-refractivity contribution in [2.45, 2.75) is 80.4 Å². The molecule has 0 amide bonds. The zero-order chi connectivity index (χ0) is 28.0. The zero-order valence-corrected chi connectivity index (χ0v) is 25.5. The molecule has 0 spiro atoms. The van der Waals surface area contributed by atoms with Crippen molar-refractivity contribution in [1.82, 2.24) is 0 Å². The van der Waals surface area contributed by atoms with Gasteiger partial charge in [-0.15, -0.1) is 0 Å². The zero-order valence-electron chi connectivity index (χ0n) is 24.5. The lowest BCUT2D eigenvalue weighted by molar-refractivity contribution is 0.0639. The van der Waals surface area contributed by atoms with E-state index >= 15 is 0 Å². The van der Waals surface area contributed by atoms with Gasteiger partial charge in [-0.3, -0.25) is 9.59 Å². The second-order valence-corrected chi connectivity index (χ2v) is 14.7. The van der Waals surface area contributed by atoms with Gasteiger partial charge in [0.15, 0.2) is 0 Å². The number of anilines is 2. The fourth-order valence-corrected chi connectivity index (χ4v) is 8.15. The van der Waals surface area contributed by atoms with Crippen LogP contribution >= 0.6 is 0 Å². The molecule has 6 nitrogen and oxygen atoms in total. The van der Waals surface area contributed by atoms with Crippen molar-refractivity contribution in [1.29, 1.82) is 0 Å². The summed E-state index contributed by atoms with van der Waals surface area (Å²) < 4.78 is 12.0. The molecule has 0 aromatic heterocycles. The highest BCUT2D eigenvalue weighted by atomic mass is 28.3. The van der Waals surface area contributed by atoms with Gasteiger partial charge in [-0.1, -0.05) is 24.3 Å². The number of carbonyl (C=O) groups excluding carboxylic acids is 2. The third kappa shape index (κ3) is 7.16. The van der Waals surface area contributed by atoms with Crippen LogP contribution in [0.25, 0.3) is 0 Å². The molecule has 7 heteroatoms. The molecule has 2 aromatic rings. The van der Waals surface area contributed by atoms with Crippen LogP contribution in [-0.2, 0) is 9.47 Å². The number of carbonyl (C=O) groups is 2. The van der Waals surface area contributed by atoms with Gasteiger partial charge in [0.25, 0.3) is 11.2 Å². The number of rotatable bonds is 10. The fourth-order valence-electron chi connectivity index (χ4n) is 4.45. The molecule has 0 aliphatic rings. The van der Waals surface area contributed by atoms with Gasteiger partial charge in [-0.2, -0.15) is 0 Å². The number of hydrogen-bond acceptors (Lipinski definition) is 6. The van der Waals surface area contributed by atoms with E-state index in [4.69, 9.17) is 9.47 Å². The second-order valence-electron chi connectivity index (χ2n) is 11.2. The van der Waals surface area contributed by atoms with E-state index in [0.29, 0.717) is 10.4 Å². The molecule has 0 radical (unpaired) electrons. The average molecular weight is 527 g/mol. The van der Waals surface area contributed by atoms with Crippen molar-refractivity contribution in [3.8, 4) is 0 Å². The van der Waals surface area contributed by atoms with Crippen LogP contribution in [0.15, 0.2) is 48.5 Å². The van der Waals surface area contributed by atoms with E-state index < -0.39 is 30.5 Å². The van der Waals surface area contributed by atoms with Crippen molar-refractivity contribution < 1.29 is 19.1 Å². The highest BCUT2D eigenvalue weighted by Crippen LogP contribution is 2.24. The van der Waals surface area contributed by atoms with Crippen LogP contribution in [0.2, 0.25) is 0 Å². The Morgan fingerprint density at radius 2 is 0.865 bits per heavy atom. The van der Waals surface area contributed by atoms with Gasteiger partial charge in [0, 0.05) is 37.6 Å². The minimum atomic E-state index is -3.89. The lowest BCUT2D eigenvalue weighted by Crippen LogP contribution is -2.71. The molecule has 0 aliphatic heterocycles. The Balaban J connectivity index is 2.84. The number of hydrogen-bond donors (Lipinski definition) is 0. The van der Waals surface area contributed by atoms with Crippen molar-refractivity contribution in [2.75, 3.05) is 36.0 Å². The third-order valence-corrected chi connectivity index (χ3v) is 10.1. The molecule has 0 heterocycles. The first-order valence-corrected chi connectivity index (χ1v) is 15.4. The lowest BCUT2D eigenvalue weighted by atomic mass is 10.2. The highest BCUT2D eigenvalue weighted by Gasteiger charge is 2.58. The predicted octanol–water partition coefficient (Wildman–Crippen LogP) is 5.98. The maximum absolute atomic E-state index is 14.2. The van der Waals surface area contributed by atoms with E-state index in [2.05, 4.69) is 37.5 Å². The highest BCUT2D eigenvalue weighted by molar-refractivity contribution is 7.37. The summed E-state index contributed by atoms with van der Waals surface area (Å²) in [4.78, 5) is 32.8. The predicted molar refractivity (Wildman–Crippen MR) is 157 cm³/mol. The molecule has 0 fully saturated rings. The van der Waals surface area contributed by atoms with Crippen LogP contribution < -0.4 is 20.2 Å². The molecule has 37 heavy (non-hydrogen) atoms. The monoisotopic (exact) mass is 526 g/mol. The molecule has 0 saturated heterocycles. The normalized spacial score (nSPS) is 12.2. The van der Waals surface area contributed by atoms with E-state index in [-0.39, 0.29) is 0 Å². The molecule has 0 aliphatic carbocycles. The summed E-state index contributed by atoms with van der Waals surface area (Å²) in [5, 5.41) is 1.31. The van der Waals surface area contributed by atoms with Crippen molar-refractivity contribution in [3.63, 3.8) is 0 Å². The van der Waals surface area contributed by atoms with Crippen molar-refractivity contribution in [2.24, 2.45) is 0 Å². The Morgan fingerprint density at radius 3 is 1.08 bits per heavy atom. The summed E-state index contributed by atoms with van der Waals surface area (Å²) in [6.45, 7) is 22.8. The van der Waals surface area contributed by atoms with Gasteiger partial charge >= 0.3 is 8.07 Å². The van der Waals surface area contributed by atoms with Gasteiger partial charge in [0.1, 0.15) is 11.2 Å². The number of ether oxygens (including phenoxy) is 2. The molecule has 0 N–H and O–H groups in total. The SMILES string of the molecule is CCN(CC)c1ccc([Si](C(=O)OC(C)(C)C)(C(=O)OC(C)(C)C)c2ccc(N(CC)CC)cc2)cc1. The Labute approximate surface area is 225 Å². The lowest BCUT2D eigenvalue weighted by Gasteiger charge is -2.34. The average Bonchev–Trinajstić information content (AvgIpc) is 2.80. The Morgan fingerprint density at radius 1 is 0.595 bits per heavy atom. The minimum absolute atomic E-state index is 0.513. The van der Waals surface area contributed by atoms with Gasteiger partial charge < -0.3 is 19.3 Å². The summed E-state index contributed by atoms with van der Waals surface area (Å²) >= 11 is 0. The summed E-state index contributed by atoms with van der Waals surface area (Å²) in [5.74, 6) is 0. The van der Waals surface area contributed by atoms with E-state index in [1.165, 1.54) is 0 Å². The molecule has 0 atom stereocenters. The molecular formula is C30H46N2O4Si. The smallest absolute Gasteiger partial charge is 0.370 e. The number of benzene rings is 2. The van der Waals surface area contributed by atoms with E-state index in [9.17, 15) is 9.59 Å². The first-order chi connectivity index (χ1) is 17.2.